The molecule has 0 radical (unpaired) electrons. The Kier molecular flexibility index (Phi) is 5.79. The van der Waals surface area contributed by atoms with Gasteiger partial charge in [0.1, 0.15) is 0 Å². The molecular weight excluding hydrogens is 509 g/mol. The fourth-order valence-corrected chi connectivity index (χ4v) is 5.69. The van der Waals surface area contributed by atoms with Crippen molar-refractivity contribution in [2.24, 2.45) is 0 Å². The van der Waals surface area contributed by atoms with E-state index in [1.807, 2.05) is 67.6 Å². The van der Waals surface area contributed by atoms with Gasteiger partial charge in [-0.2, -0.15) is 0 Å². The van der Waals surface area contributed by atoms with Gasteiger partial charge in [-0.1, -0.05) is 72.3 Å². The smallest absolute Gasteiger partial charge is 0.266 e. The minimum atomic E-state index is -3.95. The minimum Gasteiger partial charge on any atom is -0.273 e. The van der Waals surface area contributed by atoms with E-state index in [1.54, 1.807) is 24.3 Å². The van der Waals surface area contributed by atoms with Crippen LogP contribution in [0.25, 0.3) is 5.57 Å². The van der Waals surface area contributed by atoms with Crippen molar-refractivity contribution in [2.75, 3.05) is 6.54 Å². The van der Waals surface area contributed by atoms with Gasteiger partial charge in [-0.3, -0.25) is 4.79 Å². The van der Waals surface area contributed by atoms with E-state index >= 15 is 0 Å². The highest BCUT2D eigenvalue weighted by molar-refractivity contribution is 14.1. The van der Waals surface area contributed by atoms with E-state index < -0.39 is 21.8 Å². The summed E-state index contributed by atoms with van der Waals surface area (Å²) >= 11 is 2.25. The SMILES string of the molecule is Cc1ccc(S(=O)(=O)N2CC=C(c3ccccc3I)C(c3ccccc3)C2=O)cc1. The third-order valence-electron chi connectivity index (χ3n) is 5.21. The molecule has 0 fully saturated rings. The topological polar surface area (TPSA) is 54.5 Å². The molecule has 0 spiro atoms. The standard InChI is InChI=1S/C24H20INO3S/c1-17-11-13-19(14-12-17)30(28,29)26-16-15-21(20-9-5-6-10-22(20)25)23(24(26)27)18-7-3-2-4-8-18/h2-15,23H,16H2,1H3. The van der Waals surface area contributed by atoms with E-state index in [2.05, 4.69) is 22.6 Å². The van der Waals surface area contributed by atoms with Gasteiger partial charge >= 0.3 is 0 Å². The Hall–Kier alpha value is -2.45. The Labute approximate surface area is 190 Å². The second-order valence-corrected chi connectivity index (χ2v) is 10.2. The molecule has 1 atom stereocenters. The molecule has 0 saturated carbocycles. The molecule has 1 aliphatic rings. The molecule has 30 heavy (non-hydrogen) atoms. The summed E-state index contributed by atoms with van der Waals surface area (Å²) in [5.41, 5.74) is 3.53. The van der Waals surface area contributed by atoms with Crippen molar-refractivity contribution in [2.45, 2.75) is 17.7 Å². The third-order valence-corrected chi connectivity index (χ3v) is 7.93. The lowest BCUT2D eigenvalue weighted by Crippen LogP contribution is -2.43. The van der Waals surface area contributed by atoms with Crippen molar-refractivity contribution < 1.29 is 13.2 Å². The molecular formula is C24H20INO3S. The first kappa shape index (κ1) is 20.8. The molecule has 1 unspecified atom stereocenters. The number of hydrogen-bond acceptors (Lipinski definition) is 3. The van der Waals surface area contributed by atoms with Crippen LogP contribution in [0.1, 0.15) is 22.6 Å². The van der Waals surface area contributed by atoms with Gasteiger partial charge in [-0.15, -0.1) is 0 Å². The van der Waals surface area contributed by atoms with Crippen LogP contribution in [0, 0.1) is 10.5 Å². The summed E-state index contributed by atoms with van der Waals surface area (Å²) < 4.78 is 28.6. The number of benzene rings is 3. The molecule has 1 heterocycles. The predicted molar refractivity (Wildman–Crippen MR) is 126 cm³/mol. The second kappa shape index (κ2) is 8.35. The Morgan fingerprint density at radius 2 is 1.53 bits per heavy atom. The minimum absolute atomic E-state index is 0.0126. The number of carbonyl (C=O) groups is 1. The Morgan fingerprint density at radius 1 is 0.900 bits per heavy atom. The van der Waals surface area contributed by atoms with Crippen LogP contribution in [-0.2, 0) is 14.8 Å². The number of sulfonamides is 1. The molecule has 1 aliphatic heterocycles. The summed E-state index contributed by atoms with van der Waals surface area (Å²) in [5.74, 6) is -1.12. The number of carbonyl (C=O) groups excluding carboxylic acids is 1. The molecule has 0 bridgehead atoms. The van der Waals surface area contributed by atoms with E-state index in [0.717, 1.165) is 30.1 Å². The van der Waals surface area contributed by atoms with Gasteiger partial charge in [0.25, 0.3) is 10.0 Å². The van der Waals surface area contributed by atoms with Crippen LogP contribution in [-0.4, -0.2) is 25.2 Å². The maximum Gasteiger partial charge on any atom is 0.266 e. The van der Waals surface area contributed by atoms with Crippen LogP contribution < -0.4 is 0 Å². The lowest BCUT2D eigenvalue weighted by molar-refractivity contribution is -0.126. The average Bonchev–Trinajstić information content (AvgIpc) is 2.74. The zero-order valence-electron chi connectivity index (χ0n) is 16.3. The van der Waals surface area contributed by atoms with Crippen LogP contribution >= 0.6 is 22.6 Å². The first-order valence-corrected chi connectivity index (χ1v) is 12.0. The summed E-state index contributed by atoms with van der Waals surface area (Å²) in [6.07, 6.45) is 1.86. The summed E-state index contributed by atoms with van der Waals surface area (Å²) in [7, 11) is -3.95. The maximum absolute atomic E-state index is 13.6. The summed E-state index contributed by atoms with van der Waals surface area (Å²) in [4.78, 5) is 13.7. The van der Waals surface area contributed by atoms with Gasteiger partial charge in [0.05, 0.1) is 17.4 Å². The summed E-state index contributed by atoms with van der Waals surface area (Å²) in [5, 5.41) is 0. The molecule has 152 valence electrons. The van der Waals surface area contributed by atoms with Crippen molar-refractivity contribution >= 4 is 44.1 Å². The number of hydrogen-bond donors (Lipinski definition) is 0. The van der Waals surface area contributed by atoms with E-state index in [9.17, 15) is 13.2 Å². The van der Waals surface area contributed by atoms with Crippen molar-refractivity contribution in [3.05, 3.63) is 105 Å². The van der Waals surface area contributed by atoms with Crippen LogP contribution in [0.5, 0.6) is 0 Å². The quantitative estimate of drug-likeness (QED) is 0.448. The number of amides is 1. The van der Waals surface area contributed by atoms with Gasteiger partial charge in [-0.05, 0) is 64.4 Å². The highest BCUT2D eigenvalue weighted by atomic mass is 127. The number of halogens is 1. The number of aryl methyl sites for hydroxylation is 1. The fraction of sp³-hybridized carbons (Fsp3) is 0.125. The molecule has 3 aromatic rings. The molecule has 0 saturated heterocycles. The van der Waals surface area contributed by atoms with Crippen LogP contribution in [0.3, 0.4) is 0 Å². The molecule has 0 N–H and O–H groups in total. The van der Waals surface area contributed by atoms with Crippen LogP contribution in [0.2, 0.25) is 0 Å². The van der Waals surface area contributed by atoms with Crippen molar-refractivity contribution in [3.8, 4) is 0 Å². The molecule has 0 aliphatic carbocycles. The number of nitrogens with zero attached hydrogens (tertiary/aromatic N) is 1. The Balaban J connectivity index is 1.83. The molecule has 4 nitrogen and oxygen atoms in total. The zero-order chi connectivity index (χ0) is 21.3. The van der Waals surface area contributed by atoms with Crippen molar-refractivity contribution in [1.29, 1.82) is 0 Å². The predicted octanol–water partition coefficient (Wildman–Crippen LogP) is 5.00. The Bertz CT molecular complexity index is 1220. The second-order valence-electron chi connectivity index (χ2n) is 7.17. The first-order chi connectivity index (χ1) is 14.4. The monoisotopic (exact) mass is 529 g/mol. The van der Waals surface area contributed by atoms with Gasteiger partial charge in [0.2, 0.25) is 5.91 Å². The zero-order valence-corrected chi connectivity index (χ0v) is 19.3. The lowest BCUT2D eigenvalue weighted by Gasteiger charge is -2.32. The highest BCUT2D eigenvalue weighted by Gasteiger charge is 2.39. The molecule has 1 amide bonds. The van der Waals surface area contributed by atoms with E-state index in [1.165, 1.54) is 0 Å². The summed E-state index contributed by atoms with van der Waals surface area (Å²) in [6, 6.07) is 23.8. The van der Waals surface area contributed by atoms with Gasteiger partial charge < -0.3 is 0 Å². The highest BCUT2D eigenvalue weighted by Crippen LogP contribution is 2.39. The molecule has 6 heteroatoms. The lowest BCUT2D eigenvalue weighted by atomic mass is 9.84. The Morgan fingerprint density at radius 3 is 2.20 bits per heavy atom. The van der Waals surface area contributed by atoms with E-state index in [-0.39, 0.29) is 11.4 Å². The van der Waals surface area contributed by atoms with Crippen LogP contribution in [0.4, 0.5) is 0 Å². The molecule has 3 aromatic carbocycles. The normalized spacial score (nSPS) is 17.0. The largest absolute Gasteiger partial charge is 0.273 e. The van der Waals surface area contributed by atoms with Crippen LogP contribution in [0.15, 0.2) is 89.8 Å². The maximum atomic E-state index is 13.6. The first-order valence-electron chi connectivity index (χ1n) is 9.53. The van der Waals surface area contributed by atoms with E-state index in [4.69, 9.17) is 0 Å². The third kappa shape index (κ3) is 3.81. The average molecular weight is 529 g/mol. The molecule has 4 rings (SSSR count). The van der Waals surface area contributed by atoms with Gasteiger partial charge in [0.15, 0.2) is 0 Å². The summed E-state index contributed by atoms with van der Waals surface area (Å²) in [6.45, 7) is 1.91. The number of rotatable bonds is 4. The van der Waals surface area contributed by atoms with Gasteiger partial charge in [-0.25, -0.2) is 12.7 Å². The fourth-order valence-electron chi connectivity index (χ4n) is 3.65. The van der Waals surface area contributed by atoms with Crippen molar-refractivity contribution in [1.82, 2.24) is 4.31 Å². The molecule has 0 aromatic heterocycles. The van der Waals surface area contributed by atoms with Crippen molar-refractivity contribution in [3.63, 3.8) is 0 Å². The van der Waals surface area contributed by atoms with Gasteiger partial charge in [0, 0.05) is 3.57 Å². The van der Waals surface area contributed by atoms with E-state index in [0.29, 0.717) is 0 Å².